The molecule has 15 heavy (non-hydrogen) atoms. The van der Waals surface area contributed by atoms with Gasteiger partial charge in [0.2, 0.25) is 0 Å². The van der Waals surface area contributed by atoms with Crippen LogP contribution < -0.4 is 0 Å². The molecule has 0 amide bonds. The first-order chi connectivity index (χ1) is 6.21. The molecule has 0 bridgehead atoms. The van der Waals surface area contributed by atoms with Gasteiger partial charge in [0.25, 0.3) is 20.2 Å². The van der Waals surface area contributed by atoms with Crippen molar-refractivity contribution in [2.45, 2.75) is 9.79 Å². The summed E-state index contributed by atoms with van der Waals surface area (Å²) in [6.45, 7) is 0. The molecule has 0 aliphatic heterocycles. The van der Waals surface area contributed by atoms with Crippen LogP contribution in [0.4, 0.5) is 0 Å². The van der Waals surface area contributed by atoms with E-state index in [4.69, 9.17) is 9.11 Å². The van der Waals surface area contributed by atoms with Gasteiger partial charge in [0, 0.05) is 0 Å². The van der Waals surface area contributed by atoms with Crippen LogP contribution in [-0.2, 0) is 20.2 Å². The topological polar surface area (TPSA) is 109 Å². The second kappa shape index (κ2) is 5.34. The van der Waals surface area contributed by atoms with Crippen molar-refractivity contribution < 1.29 is 25.9 Å². The van der Waals surface area contributed by atoms with Crippen LogP contribution in [0, 0.1) is 0 Å². The molecule has 2 N–H and O–H groups in total. The van der Waals surface area contributed by atoms with E-state index in [1.54, 1.807) is 0 Å². The fourth-order valence-corrected chi connectivity index (χ4v) is 1.92. The third-order valence-corrected chi connectivity index (χ3v) is 3.10. The molecule has 0 fully saturated rings. The number of rotatable bonds is 2. The zero-order valence-electron chi connectivity index (χ0n) is 6.65. The summed E-state index contributed by atoms with van der Waals surface area (Å²) in [6, 6.07) is 3.75. The van der Waals surface area contributed by atoms with E-state index >= 15 is 0 Å². The van der Waals surface area contributed by atoms with E-state index in [2.05, 4.69) is 0 Å². The Bertz CT molecular complexity index is 499. The molecular weight excluding hydrogens is 271 g/mol. The number of benzene rings is 1. The summed E-state index contributed by atoms with van der Waals surface area (Å²) in [4.78, 5) is -1.18. The molecule has 9 heteroatoms. The fourth-order valence-electron chi connectivity index (χ4n) is 0.795. The summed E-state index contributed by atoms with van der Waals surface area (Å²) in [5, 5.41) is 0. The molecule has 1 aromatic rings. The van der Waals surface area contributed by atoms with Gasteiger partial charge in [-0.3, -0.25) is 9.11 Å². The summed E-state index contributed by atoms with van der Waals surface area (Å²) < 4.78 is 59.5. The minimum atomic E-state index is -4.46. The average molecular weight is 278 g/mol. The van der Waals surface area contributed by atoms with Gasteiger partial charge in [-0.05, 0) is 18.2 Å². The Kier molecular flexibility index (Phi) is 5.58. The van der Waals surface area contributed by atoms with E-state index in [1.807, 2.05) is 0 Å². The molecule has 0 aliphatic rings. The molecule has 1 aromatic carbocycles. The van der Waals surface area contributed by atoms with E-state index in [0.29, 0.717) is 6.07 Å². The third-order valence-electron chi connectivity index (χ3n) is 1.40. The molecule has 0 spiro atoms. The van der Waals surface area contributed by atoms with Crippen LogP contribution in [0.2, 0.25) is 0 Å². The van der Waals surface area contributed by atoms with Crippen molar-refractivity contribution in [2.24, 2.45) is 0 Å². The minimum absolute atomic E-state index is 0. The first kappa shape index (κ1) is 15.7. The number of hydrogen-bond acceptors (Lipinski definition) is 4. The molecule has 0 unspecified atom stereocenters. The van der Waals surface area contributed by atoms with E-state index in [0.717, 1.165) is 18.2 Å². The Morgan fingerprint density at radius 3 is 1.47 bits per heavy atom. The fraction of sp³-hybridized carbons (Fsp3) is 0. The van der Waals surface area contributed by atoms with Crippen molar-refractivity contribution in [1.82, 2.24) is 0 Å². The maximum absolute atomic E-state index is 10.6. The molecule has 6 nitrogen and oxygen atoms in total. The Hall–Kier alpha value is 0.676. The summed E-state index contributed by atoms with van der Waals surface area (Å²) >= 11 is 0. The van der Waals surface area contributed by atoms with Crippen LogP contribution in [0.25, 0.3) is 0 Å². The molecule has 0 aliphatic carbocycles. The van der Waals surface area contributed by atoms with Crippen LogP contribution in [0.5, 0.6) is 0 Å². The summed E-state index contributed by atoms with van der Waals surface area (Å²) in [5.74, 6) is 0. The second-order valence-electron chi connectivity index (χ2n) is 2.42. The van der Waals surface area contributed by atoms with Crippen LogP contribution in [0.15, 0.2) is 34.1 Å². The Morgan fingerprint density at radius 2 is 1.20 bits per heavy atom. The van der Waals surface area contributed by atoms with Gasteiger partial charge in [-0.1, -0.05) is 6.07 Å². The predicted octanol–water partition coefficient (Wildman–Crippen LogP) is -0.468. The Balaban J connectivity index is 0.00000196. The van der Waals surface area contributed by atoms with Gasteiger partial charge < -0.3 is 0 Å². The molecule has 0 radical (unpaired) electrons. The van der Waals surface area contributed by atoms with Crippen molar-refractivity contribution in [3.8, 4) is 0 Å². The van der Waals surface area contributed by atoms with Gasteiger partial charge in [-0.25, -0.2) is 0 Å². The molecule has 1 rings (SSSR count). The van der Waals surface area contributed by atoms with Crippen LogP contribution >= 0.6 is 0 Å². The van der Waals surface area contributed by atoms with Crippen molar-refractivity contribution in [1.29, 1.82) is 0 Å². The molecule has 0 aromatic heterocycles. The van der Waals surface area contributed by atoms with Crippen molar-refractivity contribution in [3.05, 3.63) is 24.3 Å². The first-order valence-corrected chi connectivity index (χ1v) is 6.14. The standard InChI is InChI=1S/C6H6O6S2.K.H/c7-13(8,9)5-2-1-3-6(4-5)14(10,11)12;;/h1-4H,(H,7,8,9)(H,10,11,12);;. The monoisotopic (exact) mass is 278 g/mol. The van der Waals surface area contributed by atoms with Crippen LogP contribution in [-0.4, -0.2) is 77.3 Å². The molecule has 0 saturated carbocycles. The predicted molar refractivity (Wildman–Crippen MR) is 53.2 cm³/mol. The second-order valence-corrected chi connectivity index (χ2v) is 5.27. The Morgan fingerprint density at radius 1 is 0.867 bits per heavy atom. The van der Waals surface area contributed by atoms with Gasteiger partial charge in [0.05, 0.1) is 9.79 Å². The molecule has 0 heterocycles. The molecule has 80 valence electrons. The number of hydrogen-bond donors (Lipinski definition) is 2. The third kappa shape index (κ3) is 4.59. The normalized spacial score (nSPS) is 11.9. The quantitative estimate of drug-likeness (QED) is 0.559. The van der Waals surface area contributed by atoms with Crippen molar-refractivity contribution >= 4 is 71.6 Å². The zero-order valence-corrected chi connectivity index (χ0v) is 8.29. The summed E-state index contributed by atoms with van der Waals surface area (Å²) in [6.07, 6.45) is 0. The van der Waals surface area contributed by atoms with Crippen molar-refractivity contribution in [3.63, 3.8) is 0 Å². The first-order valence-electron chi connectivity index (χ1n) is 3.26. The molecule has 0 atom stereocenters. The Labute approximate surface area is 130 Å². The van der Waals surface area contributed by atoms with E-state index in [9.17, 15) is 16.8 Å². The van der Waals surface area contributed by atoms with Gasteiger partial charge >= 0.3 is 51.4 Å². The SMILES string of the molecule is O=S(=O)(O)c1cccc(S(=O)(=O)O)c1.[KH]. The average Bonchev–Trinajstić information content (AvgIpc) is 2.01. The van der Waals surface area contributed by atoms with Crippen LogP contribution in [0.3, 0.4) is 0 Å². The molecular formula is C6H7KO6S2. The van der Waals surface area contributed by atoms with Gasteiger partial charge in [0.1, 0.15) is 0 Å². The van der Waals surface area contributed by atoms with Gasteiger partial charge in [0.15, 0.2) is 0 Å². The summed E-state index contributed by atoms with van der Waals surface area (Å²) in [5.41, 5.74) is 0. The van der Waals surface area contributed by atoms with Crippen molar-refractivity contribution in [2.75, 3.05) is 0 Å². The van der Waals surface area contributed by atoms with Gasteiger partial charge in [-0.15, -0.1) is 0 Å². The zero-order chi connectivity index (χ0) is 11.0. The van der Waals surface area contributed by atoms with E-state index in [1.165, 1.54) is 0 Å². The van der Waals surface area contributed by atoms with E-state index < -0.39 is 30.0 Å². The van der Waals surface area contributed by atoms with Gasteiger partial charge in [-0.2, -0.15) is 16.8 Å². The molecule has 0 saturated heterocycles. The van der Waals surface area contributed by atoms with E-state index in [-0.39, 0.29) is 51.4 Å². The van der Waals surface area contributed by atoms with Crippen LogP contribution in [0.1, 0.15) is 0 Å². The maximum atomic E-state index is 10.6. The summed E-state index contributed by atoms with van der Waals surface area (Å²) in [7, 11) is -8.92.